The van der Waals surface area contributed by atoms with Gasteiger partial charge in [0.1, 0.15) is 0 Å². The number of alkyl halides is 6. The highest BCUT2D eigenvalue weighted by atomic mass is 19.4. The highest BCUT2D eigenvalue weighted by Crippen LogP contribution is 2.36. The molecule has 2 aromatic carbocycles. The van der Waals surface area contributed by atoms with E-state index in [1.807, 2.05) is 0 Å². The molecule has 0 spiro atoms. The van der Waals surface area contributed by atoms with E-state index in [2.05, 4.69) is 10.6 Å². The largest absolute Gasteiger partial charge is 0.416 e. The molecule has 4 nitrogen and oxygen atoms in total. The Hall–Kier alpha value is -3.04. The fraction of sp³-hybridized carbons (Fsp3) is 0.391. The normalized spacial score (nSPS) is 15.6. The molecule has 2 amide bonds. The smallest absolute Gasteiger partial charge is 0.349 e. The first-order chi connectivity index (χ1) is 15.4. The van der Waals surface area contributed by atoms with Crippen LogP contribution in [0.25, 0.3) is 0 Å². The second-order valence-corrected chi connectivity index (χ2v) is 7.99. The Morgan fingerprint density at radius 3 is 1.85 bits per heavy atom. The number of nitrogens with one attached hydrogen (secondary N) is 2. The van der Waals surface area contributed by atoms with E-state index < -0.39 is 35.0 Å². The van der Waals surface area contributed by atoms with Crippen molar-refractivity contribution in [3.8, 4) is 0 Å². The molecule has 0 radical (unpaired) electrons. The molecule has 2 N–H and O–H groups in total. The van der Waals surface area contributed by atoms with E-state index in [4.69, 9.17) is 0 Å². The van der Waals surface area contributed by atoms with Crippen molar-refractivity contribution in [1.82, 2.24) is 5.32 Å². The molecule has 178 valence electrons. The first-order valence-electron chi connectivity index (χ1n) is 10.5. The van der Waals surface area contributed by atoms with Crippen molar-refractivity contribution >= 4 is 17.5 Å². The van der Waals surface area contributed by atoms with Crippen LogP contribution in [0.15, 0.2) is 42.5 Å². The average Bonchev–Trinajstić information content (AvgIpc) is 3.01. The molecule has 0 bridgehead atoms. The van der Waals surface area contributed by atoms with E-state index in [-0.39, 0.29) is 29.3 Å². The molecule has 1 saturated carbocycles. The molecule has 1 aliphatic carbocycles. The summed E-state index contributed by atoms with van der Waals surface area (Å²) in [5.41, 5.74) is -3.68. The van der Waals surface area contributed by atoms with Crippen LogP contribution < -0.4 is 10.6 Å². The fourth-order valence-electron chi connectivity index (χ4n) is 3.72. The third-order valence-corrected chi connectivity index (χ3v) is 5.42. The van der Waals surface area contributed by atoms with Crippen molar-refractivity contribution in [1.29, 1.82) is 0 Å². The van der Waals surface area contributed by atoms with E-state index in [1.165, 1.54) is 24.3 Å². The standard InChI is InChI=1S/C23H22F6N2O2/c24-22(25,26)16-10-15(11-17(13-16)23(27,28)29)21(33)31-19-9-5-6-14(12-19)20(32)30-18-7-3-1-2-4-8-18/h5-6,9-13,18H,1-4,7-8H2,(H,30,32)(H,31,33). The van der Waals surface area contributed by atoms with Gasteiger partial charge in [0.15, 0.2) is 0 Å². The predicted molar refractivity (Wildman–Crippen MR) is 110 cm³/mol. The van der Waals surface area contributed by atoms with Crippen LogP contribution in [-0.2, 0) is 12.4 Å². The molecule has 0 atom stereocenters. The first-order valence-corrected chi connectivity index (χ1v) is 10.5. The van der Waals surface area contributed by atoms with Crippen LogP contribution in [0.1, 0.15) is 70.4 Å². The summed E-state index contributed by atoms with van der Waals surface area (Å²) in [7, 11) is 0. The van der Waals surface area contributed by atoms with Crippen LogP contribution in [0.4, 0.5) is 32.0 Å². The lowest BCUT2D eigenvalue weighted by atomic mass is 10.0. The van der Waals surface area contributed by atoms with Gasteiger partial charge in [0.25, 0.3) is 11.8 Å². The second kappa shape index (κ2) is 9.84. The van der Waals surface area contributed by atoms with E-state index in [0.29, 0.717) is 12.1 Å². The van der Waals surface area contributed by atoms with Gasteiger partial charge >= 0.3 is 12.4 Å². The van der Waals surface area contributed by atoms with Crippen LogP contribution in [0, 0.1) is 0 Å². The molecule has 10 heteroatoms. The number of rotatable bonds is 4. The summed E-state index contributed by atoms with van der Waals surface area (Å²) in [5, 5.41) is 5.20. The molecule has 3 rings (SSSR count). The third-order valence-electron chi connectivity index (χ3n) is 5.42. The van der Waals surface area contributed by atoms with Gasteiger partial charge in [0, 0.05) is 22.9 Å². The quantitative estimate of drug-likeness (QED) is 0.398. The van der Waals surface area contributed by atoms with E-state index >= 15 is 0 Å². The minimum absolute atomic E-state index is 0.0316. The fourth-order valence-corrected chi connectivity index (χ4v) is 3.72. The molecule has 0 unspecified atom stereocenters. The van der Waals surface area contributed by atoms with Gasteiger partial charge in [-0.1, -0.05) is 31.7 Å². The zero-order valence-corrected chi connectivity index (χ0v) is 17.4. The number of hydrogen-bond donors (Lipinski definition) is 2. The Morgan fingerprint density at radius 2 is 1.30 bits per heavy atom. The van der Waals surface area contributed by atoms with E-state index in [9.17, 15) is 35.9 Å². The first kappa shape index (κ1) is 24.6. The third kappa shape index (κ3) is 6.72. The van der Waals surface area contributed by atoms with Crippen LogP contribution in [0.3, 0.4) is 0 Å². The SMILES string of the molecule is O=C(Nc1cccc(C(=O)NC2CCCCCC2)c1)c1cc(C(F)(F)F)cc(C(F)(F)F)c1. The summed E-state index contributed by atoms with van der Waals surface area (Å²) >= 11 is 0. The monoisotopic (exact) mass is 472 g/mol. The molecule has 0 saturated heterocycles. The number of amides is 2. The molecule has 2 aromatic rings. The Morgan fingerprint density at radius 1 is 0.727 bits per heavy atom. The number of halogens is 6. The van der Waals surface area contributed by atoms with Gasteiger partial charge in [0.2, 0.25) is 0 Å². The molecule has 0 heterocycles. The van der Waals surface area contributed by atoms with Gasteiger partial charge in [-0.2, -0.15) is 26.3 Å². The molecule has 33 heavy (non-hydrogen) atoms. The second-order valence-electron chi connectivity index (χ2n) is 7.99. The topological polar surface area (TPSA) is 58.2 Å². The zero-order chi connectivity index (χ0) is 24.2. The lowest BCUT2D eigenvalue weighted by molar-refractivity contribution is -0.143. The summed E-state index contributed by atoms with van der Waals surface area (Å²) in [4.78, 5) is 25.0. The molecule has 0 aliphatic heterocycles. The zero-order valence-electron chi connectivity index (χ0n) is 17.4. The summed E-state index contributed by atoms with van der Waals surface area (Å²) in [5.74, 6) is -1.52. The Bertz CT molecular complexity index is 976. The minimum Gasteiger partial charge on any atom is -0.349 e. The van der Waals surface area contributed by atoms with Crippen LogP contribution in [0.5, 0.6) is 0 Å². The van der Waals surface area contributed by atoms with Crippen LogP contribution >= 0.6 is 0 Å². The maximum atomic E-state index is 13.0. The minimum atomic E-state index is -5.06. The maximum absolute atomic E-state index is 13.0. The number of carbonyl (C=O) groups is 2. The van der Waals surface area contributed by atoms with Crippen molar-refractivity contribution in [3.63, 3.8) is 0 Å². The number of carbonyl (C=O) groups excluding carboxylic acids is 2. The van der Waals surface area contributed by atoms with Crippen LogP contribution in [-0.4, -0.2) is 17.9 Å². The van der Waals surface area contributed by atoms with Crippen molar-refractivity contribution in [2.45, 2.75) is 56.9 Å². The van der Waals surface area contributed by atoms with Crippen LogP contribution in [0.2, 0.25) is 0 Å². The average molecular weight is 472 g/mol. The van der Waals surface area contributed by atoms with Gasteiger partial charge in [0.05, 0.1) is 11.1 Å². The lowest BCUT2D eigenvalue weighted by Crippen LogP contribution is -2.34. The Labute approximate surface area is 186 Å². The van der Waals surface area contributed by atoms with Crippen molar-refractivity contribution < 1.29 is 35.9 Å². The summed E-state index contributed by atoms with van der Waals surface area (Å²) in [6, 6.07) is 6.37. The molecular weight excluding hydrogens is 450 g/mol. The van der Waals surface area contributed by atoms with Gasteiger partial charge < -0.3 is 10.6 Å². The molecule has 1 fully saturated rings. The predicted octanol–water partition coefficient (Wildman–Crippen LogP) is 6.43. The summed E-state index contributed by atoms with van der Waals surface area (Å²) in [6.45, 7) is 0. The summed E-state index contributed by atoms with van der Waals surface area (Å²) < 4.78 is 78.3. The molecular formula is C23H22F6N2O2. The Balaban J connectivity index is 1.78. The highest BCUT2D eigenvalue weighted by molar-refractivity contribution is 6.05. The Kier molecular flexibility index (Phi) is 7.34. The number of hydrogen-bond acceptors (Lipinski definition) is 2. The van der Waals surface area contributed by atoms with Gasteiger partial charge in [-0.15, -0.1) is 0 Å². The van der Waals surface area contributed by atoms with Crippen molar-refractivity contribution in [3.05, 3.63) is 64.7 Å². The number of anilines is 1. The lowest BCUT2D eigenvalue weighted by Gasteiger charge is -2.17. The van der Waals surface area contributed by atoms with Gasteiger partial charge in [-0.05, 0) is 49.2 Å². The van der Waals surface area contributed by atoms with E-state index in [0.717, 1.165) is 38.5 Å². The highest BCUT2D eigenvalue weighted by Gasteiger charge is 2.37. The molecule has 1 aliphatic rings. The van der Waals surface area contributed by atoms with Crippen molar-refractivity contribution in [2.24, 2.45) is 0 Å². The maximum Gasteiger partial charge on any atom is 0.416 e. The van der Waals surface area contributed by atoms with Gasteiger partial charge in [-0.25, -0.2) is 0 Å². The molecule has 0 aromatic heterocycles. The number of benzene rings is 2. The summed E-state index contributed by atoms with van der Waals surface area (Å²) in [6.07, 6.45) is -4.16. The van der Waals surface area contributed by atoms with Gasteiger partial charge in [-0.3, -0.25) is 9.59 Å². The van der Waals surface area contributed by atoms with E-state index in [1.54, 1.807) is 0 Å². The van der Waals surface area contributed by atoms with Crippen molar-refractivity contribution in [2.75, 3.05) is 5.32 Å².